The number of fused-ring (bicyclic) bond motifs is 1. The fraction of sp³-hybridized carbons (Fsp3) is 0.294. The van der Waals surface area contributed by atoms with Gasteiger partial charge in [0.15, 0.2) is 11.5 Å². The maximum absolute atomic E-state index is 5.52. The second kappa shape index (κ2) is 7.03. The summed E-state index contributed by atoms with van der Waals surface area (Å²) in [4.78, 5) is 0. The van der Waals surface area contributed by atoms with Gasteiger partial charge in [-0.05, 0) is 58.2 Å². The Hall–Kier alpha value is -1.72. The van der Waals surface area contributed by atoms with Crippen LogP contribution >= 0.6 is 15.9 Å². The lowest BCUT2D eigenvalue weighted by Crippen LogP contribution is -2.12. The third-order valence-electron chi connectivity index (χ3n) is 3.39. The summed E-state index contributed by atoms with van der Waals surface area (Å²) in [7, 11) is 0. The summed E-state index contributed by atoms with van der Waals surface area (Å²) in [6.45, 7) is 4.53. The van der Waals surface area contributed by atoms with Gasteiger partial charge in [0.05, 0.1) is 11.1 Å². The monoisotopic (exact) mass is 363 g/mol. The van der Waals surface area contributed by atoms with E-state index in [4.69, 9.17) is 14.2 Å². The highest BCUT2D eigenvalue weighted by Gasteiger charge is 2.12. The average molecular weight is 364 g/mol. The van der Waals surface area contributed by atoms with E-state index in [1.54, 1.807) is 0 Å². The van der Waals surface area contributed by atoms with E-state index in [-0.39, 0.29) is 0 Å². The first-order valence-corrected chi connectivity index (χ1v) is 8.06. The summed E-state index contributed by atoms with van der Waals surface area (Å²) in [5.41, 5.74) is 2.38. The molecule has 116 valence electrons. The molecule has 0 fully saturated rings. The van der Waals surface area contributed by atoms with Gasteiger partial charge in [-0.2, -0.15) is 0 Å². The Balaban J connectivity index is 1.55. The van der Waals surface area contributed by atoms with Crippen molar-refractivity contribution in [3.8, 4) is 17.2 Å². The zero-order chi connectivity index (χ0) is 15.4. The highest BCUT2D eigenvalue weighted by molar-refractivity contribution is 9.10. The molecule has 0 aromatic heterocycles. The van der Waals surface area contributed by atoms with Crippen LogP contribution in [0, 0.1) is 0 Å². The predicted octanol–water partition coefficient (Wildman–Crippen LogP) is 3.87. The number of ether oxygens (including phenoxy) is 3. The number of rotatable bonds is 6. The second-order valence-electron chi connectivity index (χ2n) is 4.99. The fourth-order valence-corrected chi connectivity index (χ4v) is 2.87. The van der Waals surface area contributed by atoms with Crippen LogP contribution in [-0.2, 0) is 13.1 Å². The van der Waals surface area contributed by atoms with Gasteiger partial charge < -0.3 is 19.5 Å². The number of nitrogens with one attached hydrogen (secondary N) is 1. The van der Waals surface area contributed by atoms with E-state index in [1.165, 1.54) is 11.1 Å². The Bertz CT molecular complexity index is 660. The topological polar surface area (TPSA) is 39.7 Å². The maximum atomic E-state index is 5.52. The van der Waals surface area contributed by atoms with Crippen LogP contribution in [0.4, 0.5) is 0 Å². The molecular weight excluding hydrogens is 346 g/mol. The van der Waals surface area contributed by atoms with Gasteiger partial charge in [-0.3, -0.25) is 0 Å². The standard InChI is InChI=1S/C17H18BrNO3/c1-2-20-15-5-3-12(7-14(15)18)9-19-10-13-4-6-16-17(8-13)22-11-21-16/h3-8,19H,2,9-11H2,1H3. The molecule has 0 bridgehead atoms. The van der Waals surface area contributed by atoms with Gasteiger partial charge in [0.25, 0.3) is 0 Å². The summed E-state index contributed by atoms with van der Waals surface area (Å²) in [6, 6.07) is 12.2. The average Bonchev–Trinajstić information content (AvgIpc) is 2.98. The molecule has 0 aliphatic carbocycles. The van der Waals surface area contributed by atoms with Crippen LogP contribution in [0.1, 0.15) is 18.1 Å². The summed E-state index contributed by atoms with van der Waals surface area (Å²) in [6.07, 6.45) is 0. The number of halogens is 1. The Kier molecular flexibility index (Phi) is 4.85. The smallest absolute Gasteiger partial charge is 0.231 e. The lowest BCUT2D eigenvalue weighted by molar-refractivity contribution is 0.174. The molecule has 1 aliphatic rings. The molecule has 4 nitrogen and oxygen atoms in total. The van der Waals surface area contributed by atoms with E-state index in [0.29, 0.717) is 13.4 Å². The molecule has 3 rings (SSSR count). The predicted molar refractivity (Wildman–Crippen MR) is 88.4 cm³/mol. The van der Waals surface area contributed by atoms with Crippen LogP contribution < -0.4 is 19.5 Å². The molecule has 0 amide bonds. The Morgan fingerprint density at radius 2 is 1.77 bits per heavy atom. The largest absolute Gasteiger partial charge is 0.493 e. The van der Waals surface area contributed by atoms with Crippen molar-refractivity contribution >= 4 is 15.9 Å². The molecule has 5 heteroatoms. The molecule has 2 aromatic rings. The molecule has 1 heterocycles. The van der Waals surface area contributed by atoms with Crippen molar-refractivity contribution in [1.29, 1.82) is 0 Å². The first kappa shape index (κ1) is 15.2. The normalized spacial score (nSPS) is 12.5. The first-order valence-electron chi connectivity index (χ1n) is 7.26. The molecule has 0 saturated heterocycles. The summed E-state index contributed by atoms with van der Waals surface area (Å²) < 4.78 is 17.2. The maximum Gasteiger partial charge on any atom is 0.231 e. The molecule has 0 spiro atoms. The van der Waals surface area contributed by atoms with Gasteiger partial charge in [-0.15, -0.1) is 0 Å². The van der Waals surface area contributed by atoms with E-state index in [0.717, 1.165) is 34.8 Å². The van der Waals surface area contributed by atoms with E-state index >= 15 is 0 Å². The van der Waals surface area contributed by atoms with Crippen molar-refractivity contribution in [2.75, 3.05) is 13.4 Å². The van der Waals surface area contributed by atoms with Gasteiger partial charge in [-0.25, -0.2) is 0 Å². The van der Waals surface area contributed by atoms with Crippen LogP contribution in [0.15, 0.2) is 40.9 Å². The second-order valence-corrected chi connectivity index (χ2v) is 5.84. The molecular formula is C17H18BrNO3. The van der Waals surface area contributed by atoms with Crippen molar-refractivity contribution < 1.29 is 14.2 Å². The Morgan fingerprint density at radius 3 is 2.55 bits per heavy atom. The highest BCUT2D eigenvalue weighted by atomic mass is 79.9. The minimum Gasteiger partial charge on any atom is -0.493 e. The van der Waals surface area contributed by atoms with Crippen molar-refractivity contribution in [2.24, 2.45) is 0 Å². The van der Waals surface area contributed by atoms with Gasteiger partial charge in [0.1, 0.15) is 5.75 Å². The van der Waals surface area contributed by atoms with Crippen molar-refractivity contribution in [2.45, 2.75) is 20.0 Å². The van der Waals surface area contributed by atoms with Crippen LogP contribution in [0.3, 0.4) is 0 Å². The summed E-state index contributed by atoms with van der Waals surface area (Å²) in [5, 5.41) is 3.43. The highest BCUT2D eigenvalue weighted by Crippen LogP contribution is 2.32. The summed E-state index contributed by atoms with van der Waals surface area (Å²) >= 11 is 3.54. The van der Waals surface area contributed by atoms with Crippen LogP contribution in [0.5, 0.6) is 17.2 Å². The van der Waals surface area contributed by atoms with E-state index < -0.39 is 0 Å². The van der Waals surface area contributed by atoms with Crippen LogP contribution in [0.2, 0.25) is 0 Å². The third-order valence-corrected chi connectivity index (χ3v) is 4.01. The molecule has 0 saturated carbocycles. The SMILES string of the molecule is CCOc1ccc(CNCc2ccc3c(c2)OCO3)cc1Br. The van der Waals surface area contributed by atoms with E-state index in [1.807, 2.05) is 25.1 Å². The Labute approximate surface area is 138 Å². The van der Waals surface area contributed by atoms with Crippen LogP contribution in [-0.4, -0.2) is 13.4 Å². The molecule has 1 aliphatic heterocycles. The molecule has 2 aromatic carbocycles. The minimum absolute atomic E-state index is 0.312. The first-order chi connectivity index (χ1) is 10.8. The summed E-state index contributed by atoms with van der Waals surface area (Å²) in [5.74, 6) is 2.52. The van der Waals surface area contributed by atoms with Crippen molar-refractivity contribution in [3.63, 3.8) is 0 Å². The zero-order valence-corrected chi connectivity index (χ0v) is 14.0. The molecule has 0 atom stereocenters. The van der Waals surface area contributed by atoms with E-state index in [2.05, 4.69) is 39.4 Å². The van der Waals surface area contributed by atoms with Gasteiger partial charge in [-0.1, -0.05) is 12.1 Å². The van der Waals surface area contributed by atoms with Gasteiger partial charge in [0, 0.05) is 13.1 Å². The zero-order valence-electron chi connectivity index (χ0n) is 12.4. The number of hydrogen-bond acceptors (Lipinski definition) is 4. The van der Waals surface area contributed by atoms with Crippen molar-refractivity contribution in [3.05, 3.63) is 52.0 Å². The molecule has 0 unspecified atom stereocenters. The third kappa shape index (κ3) is 3.54. The lowest BCUT2D eigenvalue weighted by atomic mass is 10.2. The van der Waals surface area contributed by atoms with Gasteiger partial charge in [0.2, 0.25) is 6.79 Å². The number of hydrogen-bond donors (Lipinski definition) is 1. The fourth-order valence-electron chi connectivity index (χ4n) is 2.33. The lowest BCUT2D eigenvalue weighted by Gasteiger charge is -2.09. The quantitative estimate of drug-likeness (QED) is 0.845. The molecule has 22 heavy (non-hydrogen) atoms. The van der Waals surface area contributed by atoms with Gasteiger partial charge >= 0.3 is 0 Å². The van der Waals surface area contributed by atoms with E-state index in [9.17, 15) is 0 Å². The minimum atomic E-state index is 0.312. The molecule has 1 N–H and O–H groups in total. The number of benzene rings is 2. The molecule has 0 radical (unpaired) electrons. The van der Waals surface area contributed by atoms with Crippen LogP contribution in [0.25, 0.3) is 0 Å². The Morgan fingerprint density at radius 1 is 1.05 bits per heavy atom. The van der Waals surface area contributed by atoms with Crippen molar-refractivity contribution in [1.82, 2.24) is 5.32 Å².